The van der Waals surface area contributed by atoms with Crippen LogP contribution in [-0.4, -0.2) is 67.2 Å². The fraction of sp³-hybridized carbons (Fsp3) is 0.600. The number of likely N-dealkylation sites (tertiary alicyclic amines) is 1. The number of amides is 3. The number of methoxy groups -OCH3 is 1. The highest BCUT2D eigenvalue weighted by Crippen LogP contribution is 2.30. The molecule has 3 amide bonds. The molecule has 7 heteroatoms. The molecule has 1 aliphatic rings. The summed E-state index contributed by atoms with van der Waals surface area (Å²) in [6.07, 6.45) is 2.20. The lowest BCUT2D eigenvalue weighted by atomic mass is 9.81. The number of carbonyl (C=O) groups is 2. The molecule has 1 aromatic carbocycles. The van der Waals surface area contributed by atoms with Crippen molar-refractivity contribution in [1.82, 2.24) is 9.80 Å². The molecular formula is C20H31N3O4. The van der Waals surface area contributed by atoms with E-state index >= 15 is 0 Å². The molecule has 1 fully saturated rings. The number of aliphatic hydroxyl groups is 1. The number of anilines is 1. The standard InChI is InChI=1S/C20H31N3O4/c1-4-15-14-23(9-8-16(15)12-19(25)22(2)10-11-24)20(26)21-17-6-5-7-18(13-17)27-3/h5-7,13,15-16,24H,4,8-12,14H2,1-3H3,(H,21,26). The van der Waals surface area contributed by atoms with E-state index < -0.39 is 0 Å². The van der Waals surface area contributed by atoms with Gasteiger partial charge < -0.3 is 25.0 Å². The maximum absolute atomic E-state index is 12.6. The van der Waals surface area contributed by atoms with Gasteiger partial charge in [0.25, 0.3) is 0 Å². The molecule has 0 radical (unpaired) electrons. The largest absolute Gasteiger partial charge is 0.497 e. The van der Waals surface area contributed by atoms with Crippen LogP contribution < -0.4 is 10.1 Å². The van der Waals surface area contributed by atoms with Crippen molar-refractivity contribution in [2.24, 2.45) is 11.8 Å². The van der Waals surface area contributed by atoms with E-state index in [-0.39, 0.29) is 24.5 Å². The van der Waals surface area contributed by atoms with Crippen molar-refractivity contribution in [3.8, 4) is 5.75 Å². The number of ether oxygens (including phenoxy) is 1. The monoisotopic (exact) mass is 377 g/mol. The normalized spacial score (nSPS) is 19.5. The van der Waals surface area contributed by atoms with Gasteiger partial charge in [0, 0.05) is 44.9 Å². The number of hydrogen-bond donors (Lipinski definition) is 2. The average Bonchev–Trinajstić information content (AvgIpc) is 2.68. The maximum atomic E-state index is 12.6. The van der Waals surface area contributed by atoms with Crippen molar-refractivity contribution in [2.45, 2.75) is 26.2 Å². The first-order chi connectivity index (χ1) is 13.0. The minimum atomic E-state index is -0.121. The smallest absolute Gasteiger partial charge is 0.321 e. The Labute approximate surface area is 161 Å². The number of aliphatic hydroxyl groups excluding tert-OH is 1. The third-order valence-corrected chi connectivity index (χ3v) is 5.32. The first kappa shape index (κ1) is 21.0. The van der Waals surface area contributed by atoms with Gasteiger partial charge in [-0.05, 0) is 30.4 Å². The van der Waals surface area contributed by atoms with Gasteiger partial charge in [-0.1, -0.05) is 19.4 Å². The highest BCUT2D eigenvalue weighted by molar-refractivity contribution is 5.89. The second-order valence-electron chi connectivity index (χ2n) is 7.07. The summed E-state index contributed by atoms with van der Waals surface area (Å²) in [6.45, 7) is 3.71. The molecule has 1 saturated heterocycles. The Morgan fingerprint density at radius 2 is 2.15 bits per heavy atom. The Morgan fingerprint density at radius 3 is 2.81 bits per heavy atom. The fourth-order valence-corrected chi connectivity index (χ4v) is 3.55. The highest BCUT2D eigenvalue weighted by atomic mass is 16.5. The molecule has 27 heavy (non-hydrogen) atoms. The van der Waals surface area contributed by atoms with Gasteiger partial charge in [0.1, 0.15) is 5.75 Å². The average molecular weight is 377 g/mol. The van der Waals surface area contributed by atoms with Crippen LogP contribution in [0.5, 0.6) is 5.75 Å². The van der Waals surface area contributed by atoms with Crippen LogP contribution in [-0.2, 0) is 4.79 Å². The first-order valence-electron chi connectivity index (χ1n) is 9.53. The summed E-state index contributed by atoms with van der Waals surface area (Å²) in [6, 6.07) is 7.17. The van der Waals surface area contributed by atoms with Crippen molar-refractivity contribution in [1.29, 1.82) is 0 Å². The van der Waals surface area contributed by atoms with E-state index in [1.807, 2.05) is 23.1 Å². The van der Waals surface area contributed by atoms with E-state index in [0.717, 1.165) is 12.8 Å². The number of rotatable bonds is 7. The molecule has 2 rings (SSSR count). The van der Waals surface area contributed by atoms with Crippen molar-refractivity contribution in [2.75, 3.05) is 45.7 Å². The minimum Gasteiger partial charge on any atom is -0.497 e. The number of urea groups is 1. The molecule has 2 atom stereocenters. The molecule has 150 valence electrons. The molecular weight excluding hydrogens is 346 g/mol. The van der Waals surface area contributed by atoms with Crippen LogP contribution >= 0.6 is 0 Å². The van der Waals surface area contributed by atoms with Crippen LogP contribution in [0.3, 0.4) is 0 Å². The Balaban J connectivity index is 1.92. The molecule has 0 aromatic heterocycles. The number of nitrogens with zero attached hydrogens (tertiary/aromatic N) is 2. The molecule has 2 N–H and O–H groups in total. The highest BCUT2D eigenvalue weighted by Gasteiger charge is 2.32. The number of piperidine rings is 1. The van der Waals surface area contributed by atoms with E-state index in [9.17, 15) is 9.59 Å². The van der Waals surface area contributed by atoms with Gasteiger partial charge in [0.15, 0.2) is 0 Å². The SMILES string of the molecule is CCC1CN(C(=O)Nc2cccc(OC)c2)CCC1CC(=O)N(C)CCO. The molecule has 0 saturated carbocycles. The zero-order valence-electron chi connectivity index (χ0n) is 16.5. The van der Waals surface area contributed by atoms with E-state index in [0.29, 0.717) is 43.4 Å². The summed E-state index contributed by atoms with van der Waals surface area (Å²) in [5.74, 6) is 1.32. The summed E-state index contributed by atoms with van der Waals surface area (Å²) in [5, 5.41) is 11.9. The zero-order chi connectivity index (χ0) is 19.8. The Bertz CT molecular complexity index is 637. The van der Waals surface area contributed by atoms with Gasteiger partial charge in [-0.3, -0.25) is 4.79 Å². The van der Waals surface area contributed by atoms with Gasteiger partial charge in [0.2, 0.25) is 5.91 Å². The Kier molecular flexibility index (Phi) is 7.91. The van der Waals surface area contributed by atoms with Gasteiger partial charge in [-0.15, -0.1) is 0 Å². The molecule has 1 aromatic rings. The van der Waals surface area contributed by atoms with E-state index in [4.69, 9.17) is 9.84 Å². The van der Waals surface area contributed by atoms with Crippen LogP contribution in [0, 0.1) is 11.8 Å². The second-order valence-corrected chi connectivity index (χ2v) is 7.07. The quantitative estimate of drug-likeness (QED) is 0.765. The van der Waals surface area contributed by atoms with Crippen LogP contribution in [0.4, 0.5) is 10.5 Å². The van der Waals surface area contributed by atoms with Gasteiger partial charge in [-0.25, -0.2) is 4.79 Å². The van der Waals surface area contributed by atoms with Crippen molar-refractivity contribution >= 4 is 17.6 Å². The number of benzene rings is 1. The van der Waals surface area contributed by atoms with Gasteiger partial charge in [0.05, 0.1) is 13.7 Å². The van der Waals surface area contributed by atoms with E-state index in [1.165, 1.54) is 0 Å². The lowest BCUT2D eigenvalue weighted by Crippen LogP contribution is -2.46. The van der Waals surface area contributed by atoms with Crippen molar-refractivity contribution < 1.29 is 19.4 Å². The zero-order valence-corrected chi connectivity index (χ0v) is 16.5. The molecule has 0 spiro atoms. The number of likely N-dealkylation sites (N-methyl/N-ethyl adjacent to an activating group) is 1. The van der Waals surface area contributed by atoms with Gasteiger partial charge in [-0.2, -0.15) is 0 Å². The lowest BCUT2D eigenvalue weighted by molar-refractivity contribution is -0.132. The van der Waals surface area contributed by atoms with Gasteiger partial charge >= 0.3 is 6.03 Å². The van der Waals surface area contributed by atoms with E-state index in [1.54, 1.807) is 25.1 Å². The second kappa shape index (κ2) is 10.2. The Morgan fingerprint density at radius 1 is 1.37 bits per heavy atom. The molecule has 2 unspecified atom stereocenters. The minimum absolute atomic E-state index is 0.0255. The molecule has 1 heterocycles. The summed E-state index contributed by atoms with van der Waals surface area (Å²) in [7, 11) is 3.31. The third kappa shape index (κ3) is 5.85. The summed E-state index contributed by atoms with van der Waals surface area (Å²) in [4.78, 5) is 28.3. The van der Waals surface area contributed by atoms with Crippen LogP contribution in [0.2, 0.25) is 0 Å². The van der Waals surface area contributed by atoms with Crippen molar-refractivity contribution in [3.05, 3.63) is 24.3 Å². The first-order valence-corrected chi connectivity index (χ1v) is 9.53. The number of hydrogen-bond acceptors (Lipinski definition) is 4. The van der Waals surface area contributed by atoms with Crippen LogP contribution in [0.25, 0.3) is 0 Å². The molecule has 0 aliphatic carbocycles. The lowest BCUT2D eigenvalue weighted by Gasteiger charge is -2.38. The third-order valence-electron chi connectivity index (χ3n) is 5.32. The topological polar surface area (TPSA) is 82.1 Å². The number of nitrogens with one attached hydrogen (secondary N) is 1. The van der Waals surface area contributed by atoms with E-state index in [2.05, 4.69) is 12.2 Å². The predicted octanol–water partition coefficient (Wildman–Crippen LogP) is 2.42. The predicted molar refractivity (Wildman–Crippen MR) is 105 cm³/mol. The molecule has 7 nitrogen and oxygen atoms in total. The summed E-state index contributed by atoms with van der Waals surface area (Å²) >= 11 is 0. The fourth-order valence-electron chi connectivity index (χ4n) is 3.55. The summed E-state index contributed by atoms with van der Waals surface area (Å²) < 4.78 is 5.19. The Hall–Kier alpha value is -2.28. The molecule has 0 bridgehead atoms. The van der Waals surface area contributed by atoms with Crippen LogP contribution in [0.15, 0.2) is 24.3 Å². The number of carbonyl (C=O) groups excluding carboxylic acids is 2. The maximum Gasteiger partial charge on any atom is 0.321 e. The summed E-state index contributed by atoms with van der Waals surface area (Å²) in [5.41, 5.74) is 0.704. The molecule has 1 aliphatic heterocycles. The van der Waals surface area contributed by atoms with Crippen LogP contribution in [0.1, 0.15) is 26.2 Å². The van der Waals surface area contributed by atoms with Crippen molar-refractivity contribution in [3.63, 3.8) is 0 Å².